The van der Waals surface area contributed by atoms with Crippen molar-refractivity contribution in [3.8, 4) is 6.07 Å². The standard InChI is InChI=1S/C17H20FN5/c1-12(2)9-20-10-14-11-21-17(23-16(14)7-18)22-15-5-3-4-13(6-15)8-19/h3-6,11-12,20H,7,9-10H2,1-2H3,(H,21,22,23). The first-order chi connectivity index (χ1) is 11.1. The van der Waals surface area contributed by atoms with E-state index in [1.807, 2.05) is 0 Å². The van der Waals surface area contributed by atoms with Crippen molar-refractivity contribution in [3.05, 3.63) is 47.3 Å². The molecule has 0 saturated carbocycles. The fourth-order valence-electron chi connectivity index (χ4n) is 2.06. The number of halogens is 1. The van der Waals surface area contributed by atoms with E-state index < -0.39 is 6.67 Å². The Hall–Kier alpha value is -2.52. The summed E-state index contributed by atoms with van der Waals surface area (Å²) in [5, 5.41) is 15.2. The fraction of sp³-hybridized carbons (Fsp3) is 0.353. The molecule has 2 N–H and O–H groups in total. The van der Waals surface area contributed by atoms with Gasteiger partial charge in [0.25, 0.3) is 0 Å². The smallest absolute Gasteiger partial charge is 0.227 e. The highest BCUT2D eigenvalue weighted by atomic mass is 19.1. The third-order valence-electron chi connectivity index (χ3n) is 3.20. The first kappa shape index (κ1) is 16.8. The highest BCUT2D eigenvalue weighted by molar-refractivity contribution is 5.56. The molecule has 0 atom stereocenters. The van der Waals surface area contributed by atoms with E-state index in [-0.39, 0.29) is 0 Å². The van der Waals surface area contributed by atoms with Crippen molar-refractivity contribution in [3.63, 3.8) is 0 Å². The Labute approximate surface area is 135 Å². The van der Waals surface area contributed by atoms with Crippen LogP contribution in [0, 0.1) is 17.2 Å². The predicted molar refractivity (Wildman–Crippen MR) is 87.8 cm³/mol. The number of nitrogens with one attached hydrogen (secondary N) is 2. The third kappa shape index (κ3) is 5.01. The molecule has 5 nitrogen and oxygen atoms in total. The predicted octanol–water partition coefficient (Wildman–Crippen LogP) is 3.31. The topological polar surface area (TPSA) is 73.6 Å². The van der Waals surface area contributed by atoms with Gasteiger partial charge in [0.2, 0.25) is 5.95 Å². The summed E-state index contributed by atoms with van der Waals surface area (Å²) >= 11 is 0. The monoisotopic (exact) mass is 313 g/mol. The number of anilines is 2. The zero-order valence-electron chi connectivity index (χ0n) is 13.3. The summed E-state index contributed by atoms with van der Waals surface area (Å²) in [7, 11) is 0. The summed E-state index contributed by atoms with van der Waals surface area (Å²) in [5.74, 6) is 0.846. The second-order valence-electron chi connectivity index (χ2n) is 5.64. The van der Waals surface area contributed by atoms with Crippen LogP contribution in [0.1, 0.15) is 30.7 Å². The van der Waals surface area contributed by atoms with Gasteiger partial charge in [-0.05, 0) is 30.7 Å². The van der Waals surface area contributed by atoms with E-state index in [2.05, 4.69) is 40.5 Å². The van der Waals surface area contributed by atoms with Crippen LogP contribution in [0.15, 0.2) is 30.5 Å². The molecule has 1 heterocycles. The minimum absolute atomic E-state index is 0.320. The second-order valence-corrected chi connectivity index (χ2v) is 5.64. The van der Waals surface area contributed by atoms with Gasteiger partial charge in [0.1, 0.15) is 6.67 Å². The molecule has 0 fully saturated rings. The van der Waals surface area contributed by atoms with Crippen LogP contribution in [-0.4, -0.2) is 16.5 Å². The number of aromatic nitrogens is 2. The molecule has 0 radical (unpaired) electrons. The largest absolute Gasteiger partial charge is 0.324 e. The van der Waals surface area contributed by atoms with Crippen LogP contribution in [-0.2, 0) is 13.2 Å². The molecule has 1 aromatic heterocycles. The van der Waals surface area contributed by atoms with Crippen molar-refractivity contribution in [2.75, 3.05) is 11.9 Å². The number of nitriles is 1. The molecule has 0 spiro atoms. The summed E-state index contributed by atoms with van der Waals surface area (Å²) in [6, 6.07) is 9.04. The first-order valence-electron chi connectivity index (χ1n) is 7.51. The van der Waals surface area contributed by atoms with Gasteiger partial charge < -0.3 is 10.6 Å². The molecule has 0 amide bonds. The molecule has 0 saturated heterocycles. The number of benzene rings is 1. The zero-order chi connectivity index (χ0) is 16.7. The maximum atomic E-state index is 13.2. The van der Waals surface area contributed by atoms with Crippen LogP contribution in [0.4, 0.5) is 16.0 Å². The second kappa shape index (κ2) is 8.20. The average molecular weight is 313 g/mol. The number of alkyl halides is 1. The first-order valence-corrected chi connectivity index (χ1v) is 7.51. The molecule has 120 valence electrons. The fourth-order valence-corrected chi connectivity index (χ4v) is 2.06. The van der Waals surface area contributed by atoms with Gasteiger partial charge in [-0.1, -0.05) is 19.9 Å². The van der Waals surface area contributed by atoms with Crippen molar-refractivity contribution < 1.29 is 4.39 Å². The van der Waals surface area contributed by atoms with Gasteiger partial charge in [0.05, 0.1) is 17.3 Å². The lowest BCUT2D eigenvalue weighted by molar-refractivity contribution is 0.468. The molecule has 1 aromatic carbocycles. The van der Waals surface area contributed by atoms with Gasteiger partial charge in [0, 0.05) is 24.0 Å². The van der Waals surface area contributed by atoms with E-state index in [1.165, 1.54) is 0 Å². The molecule has 0 aliphatic carbocycles. The normalized spacial score (nSPS) is 10.6. The number of rotatable bonds is 7. The number of hydrogen-bond acceptors (Lipinski definition) is 5. The average Bonchev–Trinajstić information content (AvgIpc) is 2.55. The molecular weight excluding hydrogens is 293 g/mol. The molecule has 0 bridgehead atoms. The third-order valence-corrected chi connectivity index (χ3v) is 3.20. The summed E-state index contributed by atoms with van der Waals surface area (Å²) in [5.41, 5.74) is 2.36. The summed E-state index contributed by atoms with van der Waals surface area (Å²) in [6.45, 7) is 4.98. The Morgan fingerprint density at radius 1 is 1.35 bits per heavy atom. The highest BCUT2D eigenvalue weighted by Crippen LogP contribution is 2.16. The van der Waals surface area contributed by atoms with Crippen molar-refractivity contribution in [2.24, 2.45) is 5.92 Å². The SMILES string of the molecule is CC(C)CNCc1cnc(Nc2cccc(C#N)c2)nc1CF. The van der Waals surface area contributed by atoms with E-state index in [4.69, 9.17) is 5.26 Å². The Bertz CT molecular complexity index is 694. The zero-order valence-corrected chi connectivity index (χ0v) is 13.3. The van der Waals surface area contributed by atoms with E-state index in [0.29, 0.717) is 35.4 Å². The van der Waals surface area contributed by atoms with Crippen molar-refractivity contribution in [2.45, 2.75) is 27.1 Å². The Balaban J connectivity index is 2.10. The van der Waals surface area contributed by atoms with Gasteiger partial charge in [-0.15, -0.1) is 0 Å². The Kier molecular flexibility index (Phi) is 6.01. The van der Waals surface area contributed by atoms with Crippen molar-refractivity contribution in [1.29, 1.82) is 5.26 Å². The number of hydrogen-bond donors (Lipinski definition) is 2. The Morgan fingerprint density at radius 3 is 2.87 bits per heavy atom. The van der Waals surface area contributed by atoms with Gasteiger partial charge in [-0.3, -0.25) is 0 Å². The van der Waals surface area contributed by atoms with Crippen LogP contribution in [0.5, 0.6) is 0 Å². The van der Waals surface area contributed by atoms with Crippen molar-refractivity contribution in [1.82, 2.24) is 15.3 Å². The molecular formula is C17H20FN5. The summed E-state index contributed by atoms with van der Waals surface area (Å²) < 4.78 is 13.2. The van der Waals surface area contributed by atoms with Crippen LogP contribution in [0.25, 0.3) is 0 Å². The van der Waals surface area contributed by atoms with Crippen LogP contribution in [0.2, 0.25) is 0 Å². The van der Waals surface area contributed by atoms with Gasteiger partial charge in [-0.25, -0.2) is 14.4 Å². The van der Waals surface area contributed by atoms with Crippen LogP contribution >= 0.6 is 0 Å². The summed E-state index contributed by atoms with van der Waals surface area (Å²) in [6.07, 6.45) is 1.63. The van der Waals surface area contributed by atoms with E-state index in [0.717, 1.165) is 12.1 Å². The van der Waals surface area contributed by atoms with Gasteiger partial charge in [-0.2, -0.15) is 5.26 Å². The van der Waals surface area contributed by atoms with Crippen LogP contribution < -0.4 is 10.6 Å². The lowest BCUT2D eigenvalue weighted by Gasteiger charge is -2.11. The van der Waals surface area contributed by atoms with E-state index in [9.17, 15) is 4.39 Å². The lowest BCUT2D eigenvalue weighted by atomic mass is 10.2. The molecule has 0 aliphatic heterocycles. The van der Waals surface area contributed by atoms with E-state index in [1.54, 1.807) is 30.5 Å². The number of nitrogens with zero attached hydrogens (tertiary/aromatic N) is 3. The molecule has 2 rings (SSSR count). The maximum Gasteiger partial charge on any atom is 0.227 e. The summed E-state index contributed by atoms with van der Waals surface area (Å²) in [4.78, 5) is 8.44. The quantitative estimate of drug-likeness (QED) is 0.820. The minimum atomic E-state index is -0.645. The van der Waals surface area contributed by atoms with Gasteiger partial charge in [0.15, 0.2) is 0 Å². The molecule has 23 heavy (non-hydrogen) atoms. The van der Waals surface area contributed by atoms with Crippen LogP contribution in [0.3, 0.4) is 0 Å². The molecule has 6 heteroatoms. The lowest BCUT2D eigenvalue weighted by Crippen LogP contribution is -2.20. The molecule has 2 aromatic rings. The minimum Gasteiger partial charge on any atom is -0.324 e. The van der Waals surface area contributed by atoms with E-state index >= 15 is 0 Å². The van der Waals surface area contributed by atoms with Crippen molar-refractivity contribution >= 4 is 11.6 Å². The molecule has 0 aliphatic rings. The molecule has 0 unspecified atom stereocenters. The Morgan fingerprint density at radius 2 is 2.17 bits per heavy atom. The van der Waals surface area contributed by atoms with Gasteiger partial charge >= 0.3 is 0 Å². The maximum absolute atomic E-state index is 13.2. The highest BCUT2D eigenvalue weighted by Gasteiger charge is 2.08.